The summed E-state index contributed by atoms with van der Waals surface area (Å²) in [5, 5.41) is 20.4. The Hall–Kier alpha value is -2.50. The molecule has 0 bridgehead atoms. The number of fused-ring (bicyclic) bond motifs is 2. The minimum Gasteiger partial charge on any atom is -0.506 e. The van der Waals surface area contributed by atoms with Gasteiger partial charge in [0.2, 0.25) is 0 Å². The van der Waals surface area contributed by atoms with Gasteiger partial charge in [0.1, 0.15) is 34.5 Å². The number of ether oxygens (including phenoxy) is 2. The van der Waals surface area contributed by atoms with Crippen LogP contribution < -0.4 is 9.47 Å². The minimum absolute atomic E-state index is 0.105. The van der Waals surface area contributed by atoms with Crippen molar-refractivity contribution in [2.24, 2.45) is 5.92 Å². The molecular formula is C22H28O6. The number of carboxylic acids is 1. The summed E-state index contributed by atoms with van der Waals surface area (Å²) < 4.78 is 12.3. The number of phenolic OH excluding ortho intramolecular Hbond substituents is 1. The topological polar surface area (TPSA) is 93.1 Å². The maximum absolute atomic E-state index is 13.0. The lowest BCUT2D eigenvalue weighted by Gasteiger charge is -2.37. The number of aliphatic carboxylic acids is 1. The summed E-state index contributed by atoms with van der Waals surface area (Å²) in [6.45, 7) is 9.33. The number of carbonyl (C=O) groups is 2. The van der Waals surface area contributed by atoms with Crippen LogP contribution >= 0.6 is 0 Å². The summed E-state index contributed by atoms with van der Waals surface area (Å²) in [5.74, 6) is -1.38. The van der Waals surface area contributed by atoms with Crippen molar-refractivity contribution in [3.05, 3.63) is 22.8 Å². The second-order valence-electron chi connectivity index (χ2n) is 8.31. The second kappa shape index (κ2) is 7.15. The van der Waals surface area contributed by atoms with Gasteiger partial charge in [-0.2, -0.15) is 0 Å². The van der Waals surface area contributed by atoms with E-state index in [1.807, 2.05) is 33.8 Å². The van der Waals surface area contributed by atoms with E-state index in [4.69, 9.17) is 9.47 Å². The molecule has 152 valence electrons. The predicted octanol–water partition coefficient (Wildman–Crippen LogP) is 4.53. The quantitative estimate of drug-likeness (QED) is 0.769. The maximum atomic E-state index is 13.0. The summed E-state index contributed by atoms with van der Waals surface area (Å²) in [4.78, 5) is 24.6. The van der Waals surface area contributed by atoms with Gasteiger partial charge in [0.15, 0.2) is 5.78 Å². The Morgan fingerprint density at radius 1 is 1.29 bits per heavy atom. The van der Waals surface area contributed by atoms with Crippen LogP contribution in [0.2, 0.25) is 0 Å². The highest BCUT2D eigenvalue weighted by molar-refractivity contribution is 6.06. The van der Waals surface area contributed by atoms with Crippen molar-refractivity contribution in [2.75, 3.05) is 0 Å². The van der Waals surface area contributed by atoms with E-state index in [9.17, 15) is 19.8 Å². The second-order valence-corrected chi connectivity index (χ2v) is 8.31. The van der Waals surface area contributed by atoms with Crippen LogP contribution in [0.1, 0.15) is 81.3 Å². The highest BCUT2D eigenvalue weighted by Crippen LogP contribution is 2.53. The molecule has 3 atom stereocenters. The fourth-order valence-corrected chi connectivity index (χ4v) is 3.94. The largest absolute Gasteiger partial charge is 0.506 e. The van der Waals surface area contributed by atoms with E-state index in [1.165, 1.54) is 0 Å². The first kappa shape index (κ1) is 20.2. The molecule has 0 radical (unpaired) electrons. The van der Waals surface area contributed by atoms with Crippen molar-refractivity contribution in [3.8, 4) is 17.2 Å². The van der Waals surface area contributed by atoms with Gasteiger partial charge in [0.25, 0.3) is 0 Å². The normalized spacial score (nSPS) is 23.2. The third-order valence-electron chi connectivity index (χ3n) is 5.60. The van der Waals surface area contributed by atoms with Crippen molar-refractivity contribution in [1.82, 2.24) is 0 Å². The molecule has 0 spiro atoms. The summed E-state index contributed by atoms with van der Waals surface area (Å²) >= 11 is 0. The number of Topliss-reactive ketones (excluding diaryl/α,β-unsaturated/α-hetero) is 1. The van der Waals surface area contributed by atoms with Crippen molar-refractivity contribution < 1.29 is 29.3 Å². The zero-order valence-electron chi connectivity index (χ0n) is 17.0. The van der Waals surface area contributed by atoms with Crippen molar-refractivity contribution in [1.29, 1.82) is 0 Å². The van der Waals surface area contributed by atoms with Gasteiger partial charge in [-0.25, -0.2) is 0 Å². The van der Waals surface area contributed by atoms with Crippen LogP contribution in [0.25, 0.3) is 6.08 Å². The van der Waals surface area contributed by atoms with E-state index in [-0.39, 0.29) is 41.3 Å². The molecule has 0 saturated carbocycles. The lowest BCUT2D eigenvalue weighted by atomic mass is 9.81. The zero-order valence-corrected chi connectivity index (χ0v) is 17.0. The van der Waals surface area contributed by atoms with E-state index >= 15 is 0 Å². The molecule has 0 unspecified atom stereocenters. The number of rotatable bonds is 5. The predicted molar refractivity (Wildman–Crippen MR) is 105 cm³/mol. The lowest BCUT2D eigenvalue weighted by Crippen LogP contribution is -2.36. The first-order valence-electron chi connectivity index (χ1n) is 9.81. The third-order valence-corrected chi connectivity index (χ3v) is 5.60. The van der Waals surface area contributed by atoms with Crippen molar-refractivity contribution in [3.63, 3.8) is 0 Å². The number of carbonyl (C=O) groups excluding carboxylic acids is 1. The molecule has 6 nitrogen and oxygen atoms in total. The number of hydrogen-bond donors (Lipinski definition) is 2. The Kier molecular flexibility index (Phi) is 5.17. The summed E-state index contributed by atoms with van der Waals surface area (Å²) in [6.07, 6.45) is 4.45. The zero-order chi connectivity index (χ0) is 20.8. The SMILES string of the molecule is CCC[C@H](CC(=O)O)c1c2c(c(O)c3c1O[C@@H](C)[C@@H](C)C3=O)C=CC(C)(C)O2. The van der Waals surface area contributed by atoms with E-state index in [0.717, 1.165) is 6.42 Å². The molecule has 28 heavy (non-hydrogen) atoms. The molecule has 2 N–H and O–H groups in total. The lowest BCUT2D eigenvalue weighted by molar-refractivity contribution is -0.137. The Bertz CT molecular complexity index is 851. The Labute approximate surface area is 165 Å². The van der Waals surface area contributed by atoms with Crippen molar-refractivity contribution >= 4 is 17.8 Å². The molecule has 2 heterocycles. The third kappa shape index (κ3) is 3.36. The Balaban J connectivity index is 2.34. The molecule has 1 aromatic rings. The highest BCUT2D eigenvalue weighted by Gasteiger charge is 2.41. The van der Waals surface area contributed by atoms with Gasteiger partial charge in [-0.15, -0.1) is 0 Å². The van der Waals surface area contributed by atoms with Crippen LogP contribution in [0.4, 0.5) is 0 Å². The van der Waals surface area contributed by atoms with E-state index < -0.39 is 17.5 Å². The first-order chi connectivity index (χ1) is 13.1. The highest BCUT2D eigenvalue weighted by atomic mass is 16.5. The van der Waals surface area contributed by atoms with Gasteiger partial charge < -0.3 is 19.7 Å². The molecule has 2 aliphatic heterocycles. The molecule has 0 saturated heterocycles. The number of phenols is 1. The van der Waals surface area contributed by atoms with E-state index in [1.54, 1.807) is 13.0 Å². The fraction of sp³-hybridized carbons (Fsp3) is 0.545. The van der Waals surface area contributed by atoms with Gasteiger partial charge in [0.05, 0.1) is 17.9 Å². The summed E-state index contributed by atoms with van der Waals surface area (Å²) in [6, 6.07) is 0. The molecule has 0 amide bonds. The van der Waals surface area contributed by atoms with E-state index in [0.29, 0.717) is 23.3 Å². The number of ketones is 1. The molecule has 0 fully saturated rings. The Morgan fingerprint density at radius 2 is 1.96 bits per heavy atom. The standard InChI is InChI=1S/C22H28O6/c1-6-7-13(10-15(23)24)16-20-14(8-9-22(4,5)28-20)19(26)17-18(25)11(2)12(3)27-21(16)17/h8-9,11-13,26H,6-7,10H2,1-5H3,(H,23,24)/t11-,12+,13-/m1/s1. The average Bonchev–Trinajstić information content (AvgIpc) is 2.58. The number of aromatic hydroxyl groups is 1. The minimum atomic E-state index is -0.928. The maximum Gasteiger partial charge on any atom is 0.303 e. The number of hydrogen-bond acceptors (Lipinski definition) is 5. The molecule has 6 heteroatoms. The van der Waals surface area contributed by atoms with Crippen LogP contribution in [0.5, 0.6) is 17.2 Å². The number of benzene rings is 1. The molecule has 3 rings (SSSR count). The van der Waals surface area contributed by atoms with Gasteiger partial charge in [-0.3, -0.25) is 9.59 Å². The van der Waals surface area contributed by atoms with Crippen LogP contribution in [0, 0.1) is 5.92 Å². The molecule has 0 aromatic heterocycles. The number of carboxylic acid groups (broad SMARTS) is 1. The van der Waals surface area contributed by atoms with Gasteiger partial charge >= 0.3 is 5.97 Å². The molecule has 2 aliphatic rings. The van der Waals surface area contributed by atoms with Gasteiger partial charge in [-0.1, -0.05) is 20.3 Å². The first-order valence-corrected chi connectivity index (χ1v) is 9.81. The fourth-order valence-electron chi connectivity index (χ4n) is 3.94. The summed E-state index contributed by atoms with van der Waals surface area (Å²) in [5.41, 5.74) is 0.508. The molecular weight excluding hydrogens is 360 g/mol. The summed E-state index contributed by atoms with van der Waals surface area (Å²) in [7, 11) is 0. The van der Waals surface area contributed by atoms with Crippen molar-refractivity contribution in [2.45, 2.75) is 71.5 Å². The Morgan fingerprint density at radius 3 is 2.57 bits per heavy atom. The molecule has 0 aliphatic carbocycles. The molecule has 1 aromatic carbocycles. The smallest absolute Gasteiger partial charge is 0.303 e. The average molecular weight is 388 g/mol. The van der Waals surface area contributed by atoms with E-state index in [2.05, 4.69) is 0 Å². The van der Waals surface area contributed by atoms with Crippen LogP contribution in [-0.2, 0) is 4.79 Å². The van der Waals surface area contributed by atoms with Crippen LogP contribution in [0.15, 0.2) is 6.08 Å². The van der Waals surface area contributed by atoms with Gasteiger partial charge in [-0.05, 0) is 39.3 Å². The van der Waals surface area contributed by atoms with Crippen LogP contribution in [0.3, 0.4) is 0 Å². The monoisotopic (exact) mass is 388 g/mol. The van der Waals surface area contributed by atoms with Gasteiger partial charge in [0, 0.05) is 11.5 Å². The van der Waals surface area contributed by atoms with Crippen LogP contribution in [-0.4, -0.2) is 33.7 Å².